The Morgan fingerprint density at radius 2 is 1.87 bits per heavy atom. The van der Waals surface area contributed by atoms with Crippen molar-refractivity contribution in [1.29, 1.82) is 0 Å². The SMILES string of the molecule is O=C(O)COC(=O)[C@@H]1CCn2c(C(=O)c3ccccc3)ccc21. The number of carbonyl (C=O) groups is 3. The average molecular weight is 313 g/mol. The van der Waals surface area contributed by atoms with Crippen molar-refractivity contribution in [2.75, 3.05) is 6.61 Å². The number of hydrogen-bond acceptors (Lipinski definition) is 4. The second-order valence-corrected chi connectivity index (χ2v) is 5.33. The molecule has 1 aliphatic rings. The van der Waals surface area contributed by atoms with Crippen LogP contribution in [0.25, 0.3) is 0 Å². The van der Waals surface area contributed by atoms with E-state index in [0.29, 0.717) is 29.9 Å². The van der Waals surface area contributed by atoms with Gasteiger partial charge in [0.2, 0.25) is 5.78 Å². The maximum atomic E-state index is 12.5. The van der Waals surface area contributed by atoms with Gasteiger partial charge in [0.05, 0.1) is 11.6 Å². The summed E-state index contributed by atoms with van der Waals surface area (Å²) in [5.41, 5.74) is 1.81. The third-order valence-electron chi connectivity index (χ3n) is 3.90. The molecule has 1 aliphatic heterocycles. The van der Waals surface area contributed by atoms with Crippen LogP contribution in [0.1, 0.15) is 34.1 Å². The highest BCUT2D eigenvalue weighted by Crippen LogP contribution is 2.32. The van der Waals surface area contributed by atoms with Gasteiger partial charge in [0.25, 0.3) is 0 Å². The third kappa shape index (κ3) is 2.88. The van der Waals surface area contributed by atoms with E-state index in [1.54, 1.807) is 36.4 Å². The van der Waals surface area contributed by atoms with Crippen LogP contribution < -0.4 is 0 Å². The fourth-order valence-corrected chi connectivity index (χ4v) is 2.85. The molecule has 0 spiro atoms. The largest absolute Gasteiger partial charge is 0.479 e. The lowest BCUT2D eigenvalue weighted by Crippen LogP contribution is -2.18. The van der Waals surface area contributed by atoms with Crippen molar-refractivity contribution in [3.63, 3.8) is 0 Å². The number of aromatic nitrogens is 1. The normalized spacial score (nSPS) is 15.9. The second kappa shape index (κ2) is 6.08. The van der Waals surface area contributed by atoms with E-state index in [1.807, 2.05) is 10.6 Å². The highest BCUT2D eigenvalue weighted by atomic mass is 16.5. The van der Waals surface area contributed by atoms with Crippen LogP contribution in [0.4, 0.5) is 0 Å². The molecular formula is C17H15NO5. The van der Waals surface area contributed by atoms with E-state index in [9.17, 15) is 14.4 Å². The summed E-state index contributed by atoms with van der Waals surface area (Å²) in [7, 11) is 0. The van der Waals surface area contributed by atoms with Crippen LogP contribution in [-0.2, 0) is 20.9 Å². The van der Waals surface area contributed by atoms with Gasteiger partial charge in [-0.3, -0.25) is 9.59 Å². The lowest BCUT2D eigenvalue weighted by molar-refractivity contribution is -0.156. The zero-order chi connectivity index (χ0) is 16.4. The van der Waals surface area contributed by atoms with Crippen LogP contribution in [-0.4, -0.2) is 34.0 Å². The average Bonchev–Trinajstić information content (AvgIpc) is 3.14. The first-order valence-corrected chi connectivity index (χ1v) is 7.25. The van der Waals surface area contributed by atoms with Gasteiger partial charge in [0, 0.05) is 17.8 Å². The van der Waals surface area contributed by atoms with Gasteiger partial charge in [0.1, 0.15) is 0 Å². The summed E-state index contributed by atoms with van der Waals surface area (Å²) < 4.78 is 6.57. The van der Waals surface area contributed by atoms with Crippen molar-refractivity contribution in [3.8, 4) is 0 Å². The van der Waals surface area contributed by atoms with Crippen LogP contribution in [0.15, 0.2) is 42.5 Å². The maximum Gasteiger partial charge on any atom is 0.341 e. The first-order chi connectivity index (χ1) is 11.1. The minimum atomic E-state index is -1.19. The molecule has 0 unspecified atom stereocenters. The number of carboxylic acids is 1. The standard InChI is InChI=1S/C17H15NO5/c19-15(20)10-23-17(22)12-8-9-18-13(12)6-7-14(18)16(21)11-4-2-1-3-5-11/h1-7,12H,8-10H2,(H,19,20)/t12-/m1/s1. The van der Waals surface area contributed by atoms with E-state index >= 15 is 0 Å². The minimum Gasteiger partial charge on any atom is -0.479 e. The molecule has 0 amide bonds. The van der Waals surface area contributed by atoms with Gasteiger partial charge in [0.15, 0.2) is 6.61 Å². The molecule has 2 aromatic rings. The summed E-state index contributed by atoms with van der Waals surface area (Å²) in [5.74, 6) is -2.38. The lowest BCUT2D eigenvalue weighted by Gasteiger charge is -2.08. The van der Waals surface area contributed by atoms with Crippen molar-refractivity contribution in [2.45, 2.75) is 18.9 Å². The van der Waals surface area contributed by atoms with Gasteiger partial charge in [-0.15, -0.1) is 0 Å². The monoisotopic (exact) mass is 313 g/mol. The number of hydrogen-bond donors (Lipinski definition) is 1. The van der Waals surface area contributed by atoms with Crippen molar-refractivity contribution in [2.24, 2.45) is 0 Å². The number of ketones is 1. The third-order valence-corrected chi connectivity index (χ3v) is 3.90. The van der Waals surface area contributed by atoms with E-state index in [4.69, 9.17) is 9.84 Å². The Morgan fingerprint density at radius 3 is 2.57 bits per heavy atom. The summed E-state index contributed by atoms with van der Waals surface area (Å²) in [5, 5.41) is 8.58. The number of rotatable bonds is 5. The molecule has 0 aliphatic carbocycles. The number of benzene rings is 1. The van der Waals surface area contributed by atoms with Gasteiger partial charge in [-0.1, -0.05) is 30.3 Å². The summed E-state index contributed by atoms with van der Waals surface area (Å²) in [6.07, 6.45) is 0.504. The molecule has 118 valence electrons. The Morgan fingerprint density at radius 1 is 1.13 bits per heavy atom. The molecule has 1 atom stereocenters. The molecule has 1 aromatic heterocycles. The fourth-order valence-electron chi connectivity index (χ4n) is 2.85. The number of aliphatic carboxylic acids is 1. The molecule has 2 heterocycles. The minimum absolute atomic E-state index is 0.101. The Balaban J connectivity index is 1.81. The molecule has 1 aromatic carbocycles. The zero-order valence-corrected chi connectivity index (χ0v) is 12.3. The number of esters is 1. The van der Waals surface area contributed by atoms with Crippen molar-refractivity contribution >= 4 is 17.7 Å². The first kappa shape index (κ1) is 15.0. The second-order valence-electron chi connectivity index (χ2n) is 5.33. The van der Waals surface area contributed by atoms with Gasteiger partial charge < -0.3 is 14.4 Å². The lowest BCUT2D eigenvalue weighted by atomic mass is 10.1. The van der Waals surface area contributed by atoms with Crippen LogP contribution in [0, 0.1) is 0 Å². The summed E-state index contributed by atoms with van der Waals surface area (Å²) >= 11 is 0. The van der Waals surface area contributed by atoms with Crippen LogP contribution in [0.2, 0.25) is 0 Å². The topological polar surface area (TPSA) is 85.6 Å². The molecule has 0 saturated carbocycles. The van der Waals surface area contributed by atoms with E-state index < -0.39 is 24.5 Å². The molecular weight excluding hydrogens is 298 g/mol. The number of carbonyl (C=O) groups excluding carboxylic acids is 2. The van der Waals surface area contributed by atoms with Crippen molar-refractivity contribution < 1.29 is 24.2 Å². The Labute approximate surface area is 132 Å². The first-order valence-electron chi connectivity index (χ1n) is 7.25. The predicted molar refractivity (Wildman–Crippen MR) is 80.3 cm³/mol. The summed E-state index contributed by atoms with van der Waals surface area (Å²) in [6.45, 7) is -0.116. The fraction of sp³-hybridized carbons (Fsp3) is 0.235. The van der Waals surface area contributed by atoms with Crippen molar-refractivity contribution in [1.82, 2.24) is 4.57 Å². The summed E-state index contributed by atoms with van der Waals surface area (Å²) in [6, 6.07) is 12.4. The molecule has 3 rings (SSSR count). The maximum absolute atomic E-state index is 12.5. The highest BCUT2D eigenvalue weighted by Gasteiger charge is 2.33. The smallest absolute Gasteiger partial charge is 0.341 e. The van der Waals surface area contributed by atoms with E-state index in [2.05, 4.69) is 0 Å². The number of nitrogens with zero attached hydrogens (tertiary/aromatic N) is 1. The number of fused-ring (bicyclic) bond motifs is 1. The highest BCUT2D eigenvalue weighted by molar-refractivity contribution is 6.08. The molecule has 0 fully saturated rings. The Bertz CT molecular complexity index is 763. The Hall–Kier alpha value is -2.89. The summed E-state index contributed by atoms with van der Waals surface area (Å²) in [4.78, 5) is 35.0. The molecule has 0 saturated heterocycles. The van der Waals surface area contributed by atoms with E-state index in [1.165, 1.54) is 0 Å². The van der Waals surface area contributed by atoms with Gasteiger partial charge in [-0.05, 0) is 18.6 Å². The Kier molecular flexibility index (Phi) is 3.97. The van der Waals surface area contributed by atoms with E-state index in [-0.39, 0.29) is 5.78 Å². The van der Waals surface area contributed by atoms with E-state index in [0.717, 1.165) is 0 Å². The number of carboxylic acid groups (broad SMARTS) is 1. The molecule has 0 bridgehead atoms. The zero-order valence-electron chi connectivity index (χ0n) is 12.3. The molecule has 0 radical (unpaired) electrons. The molecule has 1 N–H and O–H groups in total. The van der Waals surface area contributed by atoms with Crippen LogP contribution in [0.3, 0.4) is 0 Å². The van der Waals surface area contributed by atoms with Gasteiger partial charge >= 0.3 is 11.9 Å². The molecule has 23 heavy (non-hydrogen) atoms. The predicted octanol–water partition coefficient (Wildman–Crippen LogP) is 1.83. The van der Waals surface area contributed by atoms with Crippen molar-refractivity contribution in [3.05, 3.63) is 59.4 Å². The van der Waals surface area contributed by atoms with Gasteiger partial charge in [-0.25, -0.2) is 4.79 Å². The number of ether oxygens (including phenoxy) is 1. The van der Waals surface area contributed by atoms with Gasteiger partial charge in [-0.2, -0.15) is 0 Å². The van der Waals surface area contributed by atoms with Crippen LogP contribution in [0.5, 0.6) is 0 Å². The molecule has 6 heteroatoms. The van der Waals surface area contributed by atoms with Crippen LogP contribution >= 0.6 is 0 Å². The quantitative estimate of drug-likeness (QED) is 0.672. The molecule has 6 nitrogen and oxygen atoms in total.